The average molecular weight is 571 g/mol. The third kappa shape index (κ3) is 3.50. The number of amides is 2. The van der Waals surface area contributed by atoms with Gasteiger partial charge < -0.3 is 9.72 Å². The molecule has 3 heterocycles. The van der Waals surface area contributed by atoms with E-state index in [1.54, 1.807) is 11.8 Å². The molecule has 1 N–H and O–H groups in total. The maximum Gasteiger partial charge on any atom is 0.305 e. The van der Waals surface area contributed by atoms with Gasteiger partial charge in [-0.05, 0) is 78.3 Å². The van der Waals surface area contributed by atoms with Crippen molar-refractivity contribution in [1.29, 1.82) is 0 Å². The van der Waals surface area contributed by atoms with Crippen LogP contribution in [0.5, 0.6) is 11.5 Å². The fourth-order valence-electron chi connectivity index (χ4n) is 7.63. The van der Waals surface area contributed by atoms with E-state index in [-0.39, 0.29) is 45.6 Å². The minimum Gasteiger partial charge on any atom is -0.457 e. The van der Waals surface area contributed by atoms with Crippen LogP contribution in [0.2, 0.25) is 0 Å². The maximum atomic E-state index is 13.8. The van der Waals surface area contributed by atoms with Gasteiger partial charge in [0.1, 0.15) is 17.3 Å². The predicted octanol–water partition coefficient (Wildman–Crippen LogP) is 6.05. The van der Waals surface area contributed by atoms with E-state index in [0.29, 0.717) is 11.4 Å². The third-order valence-electron chi connectivity index (χ3n) is 9.00. The van der Waals surface area contributed by atoms with Crippen LogP contribution >= 0.6 is 23.1 Å². The number of carbonyl (C=O) groups is 2. The van der Waals surface area contributed by atoms with Gasteiger partial charge in [0.05, 0.1) is 22.5 Å². The molecule has 2 aliphatic heterocycles. The normalized spacial score (nSPS) is 29.8. The lowest BCUT2D eigenvalue weighted by molar-refractivity contribution is -0.123. The number of fused-ring (bicyclic) bond motifs is 9. The Morgan fingerprint density at radius 1 is 0.850 bits per heavy atom. The van der Waals surface area contributed by atoms with Crippen LogP contribution in [-0.4, -0.2) is 22.0 Å². The van der Waals surface area contributed by atoms with Crippen LogP contribution in [0.15, 0.2) is 88.7 Å². The largest absolute Gasteiger partial charge is 0.457 e. The number of H-pyrrole nitrogens is 1. The SMILES string of the molecule is O=C1C2C3CC(C2C(=O)N1c1ccc(F)cc1)C1C(c2cccc(Oc4ccccc4)c2)c2sc(=O)[nH]c2SC31. The molecule has 1 saturated heterocycles. The summed E-state index contributed by atoms with van der Waals surface area (Å²) in [6, 6.07) is 23.1. The maximum absolute atomic E-state index is 13.8. The Morgan fingerprint density at radius 2 is 1.57 bits per heavy atom. The summed E-state index contributed by atoms with van der Waals surface area (Å²) in [6.45, 7) is 0. The van der Waals surface area contributed by atoms with E-state index in [0.717, 1.165) is 27.6 Å². The number of imide groups is 1. The Hall–Kier alpha value is -3.69. The van der Waals surface area contributed by atoms with Crippen molar-refractivity contribution in [2.24, 2.45) is 29.6 Å². The van der Waals surface area contributed by atoms with Gasteiger partial charge in [-0.2, -0.15) is 0 Å². The molecular formula is C31H23FN2O4S2. The highest BCUT2D eigenvalue weighted by atomic mass is 32.2. The molecule has 8 rings (SSSR count). The molecule has 7 unspecified atom stereocenters. The van der Waals surface area contributed by atoms with Gasteiger partial charge in [0.2, 0.25) is 11.8 Å². The van der Waals surface area contributed by atoms with Gasteiger partial charge in [-0.25, -0.2) is 4.39 Å². The molecule has 2 saturated carbocycles. The monoisotopic (exact) mass is 570 g/mol. The number of hydrogen-bond donors (Lipinski definition) is 1. The number of benzene rings is 3. The van der Waals surface area contributed by atoms with E-state index in [9.17, 15) is 18.8 Å². The molecule has 40 heavy (non-hydrogen) atoms. The molecule has 9 heteroatoms. The summed E-state index contributed by atoms with van der Waals surface area (Å²) in [4.78, 5) is 45.3. The Bertz CT molecular complexity index is 1720. The van der Waals surface area contributed by atoms with Gasteiger partial charge in [-0.15, -0.1) is 11.8 Å². The molecule has 0 radical (unpaired) electrons. The fourth-order valence-corrected chi connectivity index (χ4v) is 10.5. The molecule has 1 aromatic heterocycles. The van der Waals surface area contributed by atoms with Crippen LogP contribution in [0.1, 0.15) is 22.8 Å². The van der Waals surface area contributed by atoms with Gasteiger partial charge in [-0.3, -0.25) is 19.3 Å². The molecule has 4 aliphatic rings. The molecular weight excluding hydrogens is 547 g/mol. The number of hydrogen-bond acceptors (Lipinski definition) is 6. The van der Waals surface area contributed by atoms with Gasteiger partial charge in [-0.1, -0.05) is 41.7 Å². The summed E-state index contributed by atoms with van der Waals surface area (Å²) in [5.41, 5.74) is 1.46. The highest BCUT2D eigenvalue weighted by molar-refractivity contribution is 8.00. The zero-order valence-electron chi connectivity index (χ0n) is 21.0. The standard InChI is InChI=1S/C31H23FN2O4S2/c32-16-9-11-17(12-10-16)34-29(35)24-20-14-21(25(24)30(34)36)26-23(20)22(27-28(39-26)33-31(37)40-27)15-5-4-8-19(13-15)38-18-6-2-1-3-7-18/h1-13,20-26H,14H2,(H,33,37). The van der Waals surface area contributed by atoms with Gasteiger partial charge in [0.25, 0.3) is 0 Å². The van der Waals surface area contributed by atoms with E-state index in [1.165, 1.54) is 40.5 Å². The minimum absolute atomic E-state index is 0.00319. The summed E-state index contributed by atoms with van der Waals surface area (Å²) in [5, 5.41) is 0.963. The van der Waals surface area contributed by atoms with E-state index < -0.39 is 17.7 Å². The number of rotatable bonds is 4. The van der Waals surface area contributed by atoms with Crippen molar-refractivity contribution in [2.45, 2.75) is 22.6 Å². The number of anilines is 1. The minimum atomic E-state index is -0.410. The topological polar surface area (TPSA) is 79.5 Å². The van der Waals surface area contributed by atoms with Crippen molar-refractivity contribution in [3.05, 3.63) is 105 Å². The van der Waals surface area contributed by atoms with Crippen LogP contribution in [0, 0.1) is 35.4 Å². The number of aromatic amines is 1. The van der Waals surface area contributed by atoms with E-state index in [4.69, 9.17) is 4.74 Å². The Labute approximate surface area is 237 Å². The predicted molar refractivity (Wildman–Crippen MR) is 150 cm³/mol. The summed E-state index contributed by atoms with van der Waals surface area (Å²) >= 11 is 2.89. The van der Waals surface area contributed by atoms with Crippen molar-refractivity contribution in [3.8, 4) is 11.5 Å². The summed E-state index contributed by atoms with van der Waals surface area (Å²) < 4.78 is 19.7. The van der Waals surface area contributed by atoms with E-state index in [2.05, 4.69) is 11.1 Å². The second-order valence-corrected chi connectivity index (χ2v) is 13.1. The fraction of sp³-hybridized carbons (Fsp3) is 0.258. The van der Waals surface area contributed by atoms with Gasteiger partial charge >= 0.3 is 4.87 Å². The first-order valence-electron chi connectivity index (χ1n) is 13.3. The molecule has 2 amide bonds. The molecule has 6 nitrogen and oxygen atoms in total. The zero-order chi connectivity index (χ0) is 27.1. The number of thioether (sulfide) groups is 1. The number of ether oxygens (including phenoxy) is 1. The quantitative estimate of drug-likeness (QED) is 0.303. The first-order chi connectivity index (χ1) is 19.5. The molecule has 2 aliphatic carbocycles. The van der Waals surface area contributed by atoms with Crippen molar-refractivity contribution >= 4 is 40.6 Å². The molecule has 0 spiro atoms. The molecule has 200 valence electrons. The van der Waals surface area contributed by atoms with Gasteiger partial charge in [0.15, 0.2) is 0 Å². The van der Waals surface area contributed by atoms with Crippen LogP contribution in [0.25, 0.3) is 0 Å². The van der Waals surface area contributed by atoms with E-state index >= 15 is 0 Å². The summed E-state index contributed by atoms with van der Waals surface area (Å²) in [5.74, 6) is -0.121. The number of para-hydroxylation sites is 1. The molecule has 7 atom stereocenters. The number of carbonyl (C=O) groups excluding carboxylic acids is 2. The molecule has 4 aromatic rings. The van der Waals surface area contributed by atoms with Crippen molar-refractivity contribution < 1.29 is 18.7 Å². The van der Waals surface area contributed by atoms with Gasteiger partial charge in [0, 0.05) is 16.0 Å². The smallest absolute Gasteiger partial charge is 0.305 e. The average Bonchev–Trinajstić information content (AvgIpc) is 3.69. The Balaban J connectivity index is 1.19. The van der Waals surface area contributed by atoms with Crippen molar-refractivity contribution in [3.63, 3.8) is 0 Å². The lowest BCUT2D eigenvalue weighted by atomic mass is 9.68. The Kier molecular flexibility index (Phi) is 5.37. The summed E-state index contributed by atoms with van der Waals surface area (Å²) in [6.07, 6.45) is 0.808. The highest BCUT2D eigenvalue weighted by Gasteiger charge is 2.69. The lowest BCUT2D eigenvalue weighted by Gasteiger charge is -2.43. The first kappa shape index (κ1) is 24.1. The molecule has 3 fully saturated rings. The lowest BCUT2D eigenvalue weighted by Crippen LogP contribution is -2.42. The summed E-state index contributed by atoms with van der Waals surface area (Å²) in [7, 11) is 0. The highest BCUT2D eigenvalue weighted by Crippen LogP contribution is 2.68. The van der Waals surface area contributed by atoms with Crippen molar-refractivity contribution in [2.75, 3.05) is 4.90 Å². The van der Waals surface area contributed by atoms with Crippen LogP contribution in [-0.2, 0) is 9.59 Å². The molecule has 3 aromatic carbocycles. The number of nitrogens with one attached hydrogen (secondary N) is 1. The number of aromatic nitrogens is 1. The third-order valence-corrected chi connectivity index (χ3v) is 11.6. The molecule has 2 bridgehead atoms. The first-order valence-corrected chi connectivity index (χ1v) is 15.0. The van der Waals surface area contributed by atoms with Crippen LogP contribution in [0.4, 0.5) is 10.1 Å². The van der Waals surface area contributed by atoms with Crippen LogP contribution < -0.4 is 14.5 Å². The van der Waals surface area contributed by atoms with E-state index in [1.807, 2.05) is 48.5 Å². The van der Waals surface area contributed by atoms with Crippen molar-refractivity contribution in [1.82, 2.24) is 4.98 Å². The zero-order valence-corrected chi connectivity index (χ0v) is 22.7. The Morgan fingerprint density at radius 3 is 2.35 bits per heavy atom. The second kappa shape index (κ2) is 8.91. The number of nitrogens with zero attached hydrogens (tertiary/aromatic N) is 1. The number of thiazole rings is 1. The number of halogens is 1. The second-order valence-electron chi connectivity index (χ2n) is 10.9. The van der Waals surface area contributed by atoms with Crippen LogP contribution in [0.3, 0.4) is 0 Å².